The Labute approximate surface area is 180 Å². The fourth-order valence-corrected chi connectivity index (χ4v) is 3.51. The molecule has 0 radical (unpaired) electrons. The molecule has 0 aliphatic rings. The lowest BCUT2D eigenvalue weighted by Crippen LogP contribution is -2.25. The van der Waals surface area contributed by atoms with E-state index in [0.717, 1.165) is 6.21 Å². The highest BCUT2D eigenvalue weighted by molar-refractivity contribution is 7.92. The van der Waals surface area contributed by atoms with E-state index in [0.29, 0.717) is 16.9 Å². The molecule has 0 unspecified atom stereocenters. The van der Waals surface area contributed by atoms with Gasteiger partial charge in [-0.25, -0.2) is 22.9 Å². The fraction of sp³-hybridized carbons (Fsp3) is 0.118. The summed E-state index contributed by atoms with van der Waals surface area (Å²) in [6.07, 6.45) is 0.976. The van der Waals surface area contributed by atoms with Crippen molar-refractivity contribution in [3.8, 4) is 5.88 Å². The van der Waals surface area contributed by atoms with Crippen LogP contribution in [0.1, 0.15) is 16.8 Å². The van der Waals surface area contributed by atoms with Crippen molar-refractivity contribution in [1.82, 2.24) is 15.1 Å². The van der Waals surface area contributed by atoms with Crippen LogP contribution in [0.5, 0.6) is 5.88 Å². The quantitative estimate of drug-likeness (QED) is 0.271. The Bertz CT molecular complexity index is 1390. The highest BCUT2D eigenvalue weighted by Crippen LogP contribution is 2.22. The smallest absolute Gasteiger partial charge is 0.328 e. The molecule has 5 N–H and O–H groups in total. The van der Waals surface area contributed by atoms with E-state index in [9.17, 15) is 23.1 Å². The van der Waals surface area contributed by atoms with Crippen LogP contribution in [-0.2, 0) is 10.0 Å². The summed E-state index contributed by atoms with van der Waals surface area (Å²) in [5, 5.41) is 16.0. The molecule has 2 aromatic heterocycles. The number of hydrogen-bond donors (Lipinski definition) is 5. The van der Waals surface area contributed by atoms with Crippen LogP contribution in [0.4, 0.5) is 11.6 Å². The maximum atomic E-state index is 12.5. The molecule has 14 heteroatoms. The Balaban J connectivity index is 1.70. The van der Waals surface area contributed by atoms with Gasteiger partial charge >= 0.3 is 5.69 Å². The van der Waals surface area contributed by atoms with Crippen molar-refractivity contribution in [3.05, 3.63) is 61.9 Å². The first-order chi connectivity index (χ1) is 14.6. The van der Waals surface area contributed by atoms with Crippen molar-refractivity contribution in [3.63, 3.8) is 0 Å². The third-order valence-corrected chi connectivity index (χ3v) is 5.62. The summed E-state index contributed by atoms with van der Waals surface area (Å²) >= 11 is 5.03. The molecule has 0 amide bonds. The third-order valence-electron chi connectivity index (χ3n) is 4.07. The van der Waals surface area contributed by atoms with E-state index in [2.05, 4.69) is 20.2 Å². The van der Waals surface area contributed by atoms with Gasteiger partial charge in [0.25, 0.3) is 15.6 Å². The topological polar surface area (TPSA) is 183 Å². The largest absolute Gasteiger partial charge is 0.494 e. The lowest BCUT2D eigenvalue weighted by molar-refractivity contribution is 0.430. The monoisotopic (exact) mass is 464 g/mol. The van der Waals surface area contributed by atoms with Crippen LogP contribution < -0.4 is 21.3 Å². The zero-order chi connectivity index (χ0) is 22.8. The van der Waals surface area contributed by atoms with Crippen molar-refractivity contribution in [2.75, 3.05) is 10.0 Å². The summed E-state index contributed by atoms with van der Waals surface area (Å²) < 4.78 is 32.3. The molecule has 0 bridgehead atoms. The summed E-state index contributed by atoms with van der Waals surface area (Å²) in [6.45, 7) is 3.37. The summed E-state index contributed by atoms with van der Waals surface area (Å²) in [7, 11) is -3.90. The number of aromatic amines is 2. The molecule has 3 aromatic rings. The molecule has 31 heavy (non-hydrogen) atoms. The Morgan fingerprint density at radius 3 is 2.48 bits per heavy atom. The Kier molecular flexibility index (Phi) is 6.03. The maximum Gasteiger partial charge on any atom is 0.328 e. The Hall–Kier alpha value is -3.78. The molecular formula is C17H16N6O6S2. The van der Waals surface area contributed by atoms with Gasteiger partial charge in [0.1, 0.15) is 5.56 Å². The normalized spacial score (nSPS) is 11.5. The number of aromatic hydroxyl groups is 1. The number of anilines is 2. The van der Waals surface area contributed by atoms with Crippen molar-refractivity contribution in [2.24, 2.45) is 4.99 Å². The van der Waals surface area contributed by atoms with E-state index in [-0.39, 0.29) is 21.5 Å². The number of nitrogens with zero attached hydrogens (tertiary/aromatic N) is 2. The molecule has 2 heterocycles. The number of aliphatic imine (C=N–C) groups is 1. The SMILES string of the molecule is Cc1noc(NS(=O)(=O)c2ccc(NC(=S)N=Cc3c(O)[nH]c(=O)[nH]c3=O)cc2)c1C. The summed E-state index contributed by atoms with van der Waals surface area (Å²) in [6, 6.07) is 5.60. The van der Waals surface area contributed by atoms with Crippen LogP contribution in [0.25, 0.3) is 0 Å². The summed E-state index contributed by atoms with van der Waals surface area (Å²) in [5.74, 6) is -0.615. The number of benzene rings is 1. The van der Waals surface area contributed by atoms with Gasteiger partial charge in [-0.2, -0.15) is 0 Å². The summed E-state index contributed by atoms with van der Waals surface area (Å²) in [4.78, 5) is 30.5. The first kappa shape index (κ1) is 21.9. The fourth-order valence-electron chi connectivity index (χ4n) is 2.29. The van der Waals surface area contributed by atoms with Crippen LogP contribution in [0.15, 0.2) is 48.3 Å². The van der Waals surface area contributed by atoms with Gasteiger partial charge in [0.15, 0.2) is 5.11 Å². The van der Waals surface area contributed by atoms with E-state index in [1.165, 1.54) is 24.3 Å². The molecule has 0 aliphatic carbocycles. The minimum absolute atomic E-state index is 0.0226. The number of aryl methyl sites for hydroxylation is 1. The van der Waals surface area contributed by atoms with E-state index in [1.54, 1.807) is 13.8 Å². The van der Waals surface area contributed by atoms with Gasteiger partial charge in [-0.15, -0.1) is 0 Å². The number of rotatable bonds is 5. The van der Waals surface area contributed by atoms with Gasteiger partial charge in [0, 0.05) is 17.5 Å². The molecule has 0 saturated heterocycles. The minimum atomic E-state index is -3.90. The second-order valence-corrected chi connectivity index (χ2v) is 8.28. The molecule has 0 spiro atoms. The molecular weight excluding hydrogens is 448 g/mol. The van der Waals surface area contributed by atoms with Gasteiger partial charge in [-0.05, 0) is 50.3 Å². The van der Waals surface area contributed by atoms with Crippen LogP contribution in [0.3, 0.4) is 0 Å². The molecule has 1 aromatic carbocycles. The molecule has 3 rings (SSSR count). The van der Waals surface area contributed by atoms with Crippen LogP contribution in [0, 0.1) is 13.8 Å². The molecule has 162 valence electrons. The van der Waals surface area contributed by atoms with E-state index in [4.69, 9.17) is 16.7 Å². The van der Waals surface area contributed by atoms with Crippen molar-refractivity contribution >= 4 is 45.1 Å². The lowest BCUT2D eigenvalue weighted by atomic mass is 10.3. The Morgan fingerprint density at radius 2 is 1.90 bits per heavy atom. The number of aromatic nitrogens is 3. The van der Waals surface area contributed by atoms with Gasteiger partial charge in [-0.3, -0.25) is 14.8 Å². The number of H-pyrrole nitrogens is 2. The lowest BCUT2D eigenvalue weighted by Gasteiger charge is -2.08. The molecule has 0 saturated carbocycles. The second-order valence-electron chi connectivity index (χ2n) is 6.21. The predicted molar refractivity (Wildman–Crippen MR) is 116 cm³/mol. The minimum Gasteiger partial charge on any atom is -0.494 e. The second kappa shape index (κ2) is 8.53. The predicted octanol–water partition coefficient (Wildman–Crippen LogP) is 0.990. The van der Waals surface area contributed by atoms with E-state index < -0.39 is 27.2 Å². The van der Waals surface area contributed by atoms with E-state index >= 15 is 0 Å². The number of sulfonamides is 1. The molecule has 0 atom stereocenters. The van der Waals surface area contributed by atoms with Gasteiger partial charge in [0.2, 0.25) is 11.8 Å². The highest BCUT2D eigenvalue weighted by atomic mass is 32.2. The number of thiocarbonyl (C=S) groups is 1. The van der Waals surface area contributed by atoms with Crippen LogP contribution in [0.2, 0.25) is 0 Å². The van der Waals surface area contributed by atoms with Crippen LogP contribution in [-0.4, -0.2) is 40.0 Å². The zero-order valence-corrected chi connectivity index (χ0v) is 17.7. The molecule has 0 aliphatic heterocycles. The maximum absolute atomic E-state index is 12.5. The van der Waals surface area contributed by atoms with Gasteiger partial charge in [-0.1, -0.05) is 5.16 Å². The molecule has 0 fully saturated rings. The van der Waals surface area contributed by atoms with Crippen molar-refractivity contribution in [1.29, 1.82) is 0 Å². The third kappa shape index (κ3) is 5.04. The zero-order valence-electron chi connectivity index (χ0n) is 16.1. The Morgan fingerprint density at radius 1 is 1.23 bits per heavy atom. The average Bonchev–Trinajstić information content (AvgIpc) is 2.99. The van der Waals surface area contributed by atoms with Crippen molar-refractivity contribution < 1.29 is 18.0 Å². The van der Waals surface area contributed by atoms with Gasteiger partial charge in [0.05, 0.1) is 10.6 Å². The number of nitrogens with one attached hydrogen (secondary N) is 4. The average molecular weight is 464 g/mol. The summed E-state index contributed by atoms with van der Waals surface area (Å²) in [5.41, 5.74) is -0.409. The standard InChI is InChI=1S/C17H16N6O6S2/c1-8-9(2)22-29-15(8)23-31(27,28)11-5-3-10(4-6-11)19-17(30)18-7-12-13(24)20-16(26)21-14(12)25/h3-7,23H,1-2H3,(H,19,30)(H3,20,21,24,25,26). The highest BCUT2D eigenvalue weighted by Gasteiger charge is 2.19. The van der Waals surface area contributed by atoms with Crippen LogP contribution >= 0.6 is 12.2 Å². The van der Waals surface area contributed by atoms with Gasteiger partial charge < -0.3 is 14.9 Å². The van der Waals surface area contributed by atoms with Crippen molar-refractivity contribution in [2.45, 2.75) is 18.7 Å². The molecule has 12 nitrogen and oxygen atoms in total. The first-order valence-corrected chi connectivity index (χ1v) is 10.4. The first-order valence-electron chi connectivity index (χ1n) is 8.53. The number of hydrogen-bond acceptors (Lipinski definition) is 8. The van der Waals surface area contributed by atoms with E-state index in [1.807, 2.05) is 9.97 Å².